The molecule has 0 spiro atoms. The SMILES string of the molecule is COC(=O)[C@H](C[Se]CC[Si](C)(C)C)NC(=O)OC(C)(C)C. The van der Waals surface area contributed by atoms with Gasteiger partial charge in [-0.05, 0) is 0 Å². The average Bonchev–Trinajstić information content (AvgIpc) is 2.28. The molecule has 124 valence electrons. The molecule has 7 heteroatoms. The molecule has 0 aromatic carbocycles. The van der Waals surface area contributed by atoms with Gasteiger partial charge in [-0.1, -0.05) is 0 Å². The monoisotopic (exact) mass is 383 g/mol. The van der Waals surface area contributed by atoms with E-state index < -0.39 is 31.8 Å². The molecule has 0 aromatic heterocycles. The fourth-order valence-electron chi connectivity index (χ4n) is 1.34. The van der Waals surface area contributed by atoms with Gasteiger partial charge in [0.1, 0.15) is 0 Å². The van der Waals surface area contributed by atoms with Gasteiger partial charge < -0.3 is 0 Å². The number of alkyl carbamates (subject to hydrolysis) is 1. The number of nitrogens with one attached hydrogen (secondary N) is 1. The van der Waals surface area contributed by atoms with Gasteiger partial charge in [-0.3, -0.25) is 0 Å². The van der Waals surface area contributed by atoms with E-state index in [2.05, 4.69) is 25.0 Å². The number of methoxy groups -OCH3 is 1. The molecule has 21 heavy (non-hydrogen) atoms. The molecular formula is C14H29NO4SeSi. The average molecular weight is 382 g/mol. The molecule has 0 saturated carbocycles. The van der Waals surface area contributed by atoms with Gasteiger partial charge in [-0.2, -0.15) is 0 Å². The van der Waals surface area contributed by atoms with Crippen LogP contribution >= 0.6 is 0 Å². The van der Waals surface area contributed by atoms with Crippen LogP contribution in [0.1, 0.15) is 20.8 Å². The van der Waals surface area contributed by atoms with Crippen molar-refractivity contribution in [3.8, 4) is 0 Å². The van der Waals surface area contributed by atoms with E-state index in [-0.39, 0.29) is 0 Å². The van der Waals surface area contributed by atoms with Crippen LogP contribution in [-0.4, -0.2) is 53.8 Å². The van der Waals surface area contributed by atoms with Crippen molar-refractivity contribution >= 4 is 35.1 Å². The molecule has 0 aliphatic rings. The Kier molecular flexibility index (Phi) is 8.59. The molecule has 0 unspecified atom stereocenters. The first-order chi connectivity index (χ1) is 9.44. The van der Waals surface area contributed by atoms with E-state index in [1.807, 2.05) is 0 Å². The van der Waals surface area contributed by atoms with E-state index in [1.165, 1.54) is 13.2 Å². The molecule has 1 amide bonds. The van der Waals surface area contributed by atoms with Gasteiger partial charge >= 0.3 is 135 Å². The van der Waals surface area contributed by atoms with Crippen molar-refractivity contribution in [2.45, 2.75) is 68.7 Å². The maximum absolute atomic E-state index is 11.8. The van der Waals surface area contributed by atoms with Gasteiger partial charge in [0.15, 0.2) is 0 Å². The van der Waals surface area contributed by atoms with E-state index in [1.54, 1.807) is 20.8 Å². The Balaban J connectivity index is 4.34. The second-order valence-corrected chi connectivity index (χ2v) is 15.1. The van der Waals surface area contributed by atoms with Crippen molar-refractivity contribution in [3.63, 3.8) is 0 Å². The summed E-state index contributed by atoms with van der Waals surface area (Å²) in [6.07, 6.45) is -0.570. The zero-order valence-electron chi connectivity index (χ0n) is 14.2. The minimum absolute atomic E-state index is 0.314. The molecule has 0 heterocycles. The molecule has 0 aliphatic carbocycles. The minimum atomic E-state index is -1.04. The summed E-state index contributed by atoms with van der Waals surface area (Å²) in [5.74, 6) is -0.407. The zero-order chi connectivity index (χ0) is 16.7. The number of esters is 1. The topological polar surface area (TPSA) is 64.6 Å². The Morgan fingerprint density at radius 2 is 1.81 bits per heavy atom. The first kappa shape index (κ1) is 20.5. The van der Waals surface area contributed by atoms with E-state index in [9.17, 15) is 9.59 Å². The second-order valence-electron chi connectivity index (χ2n) is 7.11. The van der Waals surface area contributed by atoms with Crippen molar-refractivity contribution in [1.29, 1.82) is 0 Å². The molecule has 1 atom stereocenters. The van der Waals surface area contributed by atoms with Crippen LogP contribution in [0.5, 0.6) is 0 Å². The predicted octanol–water partition coefficient (Wildman–Crippen LogP) is 2.93. The number of amides is 1. The molecule has 0 fully saturated rings. The summed E-state index contributed by atoms with van der Waals surface area (Å²) < 4.78 is 9.93. The number of rotatable bonds is 7. The van der Waals surface area contributed by atoms with Crippen LogP contribution in [0.2, 0.25) is 36.3 Å². The summed E-state index contributed by atoms with van der Waals surface area (Å²) in [5.41, 5.74) is -0.576. The molecule has 0 radical (unpaired) electrons. The maximum atomic E-state index is 11.8. The molecule has 0 saturated heterocycles. The van der Waals surface area contributed by atoms with Crippen LogP contribution in [0.15, 0.2) is 0 Å². The summed E-state index contributed by atoms with van der Waals surface area (Å²) in [6, 6.07) is 0.638. The van der Waals surface area contributed by atoms with Gasteiger partial charge in [0, 0.05) is 0 Å². The summed E-state index contributed by atoms with van der Waals surface area (Å²) in [4.78, 5) is 23.5. The van der Waals surface area contributed by atoms with Crippen LogP contribution in [0.3, 0.4) is 0 Å². The van der Waals surface area contributed by atoms with E-state index in [0.29, 0.717) is 20.3 Å². The predicted molar refractivity (Wildman–Crippen MR) is 88.7 cm³/mol. The van der Waals surface area contributed by atoms with Crippen molar-refractivity contribution in [2.24, 2.45) is 0 Å². The van der Waals surface area contributed by atoms with Crippen LogP contribution in [0, 0.1) is 0 Å². The van der Waals surface area contributed by atoms with E-state index in [4.69, 9.17) is 9.47 Å². The van der Waals surface area contributed by atoms with Gasteiger partial charge in [-0.25, -0.2) is 0 Å². The Morgan fingerprint density at radius 3 is 2.24 bits per heavy atom. The Morgan fingerprint density at radius 1 is 1.24 bits per heavy atom. The third-order valence-corrected chi connectivity index (χ3v) is 7.25. The zero-order valence-corrected chi connectivity index (χ0v) is 17.0. The van der Waals surface area contributed by atoms with E-state index >= 15 is 0 Å². The number of carbonyl (C=O) groups excluding carboxylic acids is 2. The third-order valence-electron chi connectivity index (χ3n) is 2.46. The third kappa shape index (κ3) is 11.8. The number of hydrogen-bond donors (Lipinski definition) is 1. The summed E-state index contributed by atoms with van der Waals surface area (Å²) in [6.45, 7) is 12.4. The molecule has 0 aromatic rings. The van der Waals surface area contributed by atoms with Crippen molar-refractivity contribution in [1.82, 2.24) is 5.32 Å². The van der Waals surface area contributed by atoms with Crippen molar-refractivity contribution in [3.05, 3.63) is 0 Å². The summed E-state index contributed by atoms with van der Waals surface area (Å²) in [7, 11) is 0.293. The standard InChI is InChI=1S/C14H29NO4SeSi/c1-14(2,3)19-13(17)15-11(12(16)18-4)10-20-8-9-21(5,6)7/h11H,8-10H2,1-7H3,(H,15,17)/t11-/m0/s1. The number of carbonyl (C=O) groups is 2. The second kappa shape index (κ2) is 8.81. The molecule has 0 aliphatic heterocycles. The quantitative estimate of drug-likeness (QED) is 0.418. The van der Waals surface area contributed by atoms with Gasteiger partial charge in [0.05, 0.1) is 0 Å². The van der Waals surface area contributed by atoms with Crippen LogP contribution in [0.4, 0.5) is 4.79 Å². The molecule has 5 nitrogen and oxygen atoms in total. The van der Waals surface area contributed by atoms with Gasteiger partial charge in [-0.15, -0.1) is 0 Å². The number of ether oxygens (including phenoxy) is 2. The van der Waals surface area contributed by atoms with Crippen molar-refractivity contribution in [2.75, 3.05) is 7.11 Å². The summed E-state index contributed by atoms with van der Waals surface area (Å²) >= 11 is 0.314. The van der Waals surface area contributed by atoms with Gasteiger partial charge in [0.2, 0.25) is 0 Å². The number of hydrogen-bond acceptors (Lipinski definition) is 4. The first-order valence-corrected chi connectivity index (χ1v) is 13.2. The molecule has 0 bridgehead atoms. The van der Waals surface area contributed by atoms with Gasteiger partial charge in [0.25, 0.3) is 0 Å². The Hall–Kier alpha value is -0.524. The summed E-state index contributed by atoms with van der Waals surface area (Å²) in [5, 5.41) is 4.39. The van der Waals surface area contributed by atoms with E-state index in [0.717, 1.165) is 5.32 Å². The molecule has 1 N–H and O–H groups in total. The Labute approximate surface area is 135 Å². The normalized spacial score (nSPS) is 13.5. The fraction of sp³-hybridized carbons (Fsp3) is 0.857. The fourth-order valence-corrected chi connectivity index (χ4v) is 8.16. The van der Waals surface area contributed by atoms with Crippen LogP contribution in [0.25, 0.3) is 0 Å². The van der Waals surface area contributed by atoms with Crippen molar-refractivity contribution < 1.29 is 19.1 Å². The van der Waals surface area contributed by atoms with Crippen LogP contribution < -0.4 is 5.32 Å². The van der Waals surface area contributed by atoms with Crippen LogP contribution in [-0.2, 0) is 14.3 Å². The Bertz CT molecular complexity index is 350. The first-order valence-electron chi connectivity index (χ1n) is 7.10. The molecular weight excluding hydrogens is 353 g/mol. The molecule has 0 rings (SSSR count).